The standard InChI is InChI=1S/C19H13Cl3N2O4P2/c20-15-3-7-17(8-4-15)23-29(22,26)24(18-9-5-16(21)6-10-18)30(23,27)28-19-11-1-14(13-25)2-12-19/h1-13H. The van der Waals surface area contributed by atoms with E-state index in [0.717, 1.165) is 8.88 Å². The van der Waals surface area contributed by atoms with Crippen LogP contribution in [-0.4, -0.2) is 6.29 Å². The van der Waals surface area contributed by atoms with Gasteiger partial charge in [0.15, 0.2) is 0 Å². The summed E-state index contributed by atoms with van der Waals surface area (Å²) < 4.78 is 35.5. The first-order valence-corrected chi connectivity index (χ1v) is 13.3. The molecular weight excluding hydrogens is 489 g/mol. The topological polar surface area (TPSA) is 66.9 Å². The predicted octanol–water partition coefficient (Wildman–Crippen LogP) is 7.67. The number of hydrogen-bond donors (Lipinski definition) is 0. The second-order valence-corrected chi connectivity index (χ2v) is 12.8. The molecule has 154 valence electrons. The van der Waals surface area contributed by atoms with Gasteiger partial charge in [-0.3, -0.25) is 9.36 Å². The lowest BCUT2D eigenvalue weighted by Gasteiger charge is -2.52. The zero-order valence-electron chi connectivity index (χ0n) is 15.1. The minimum Gasteiger partial charge on any atom is -0.413 e. The minimum atomic E-state index is -3.96. The van der Waals surface area contributed by atoms with Crippen molar-refractivity contribution in [1.82, 2.24) is 0 Å². The number of hydrogen-bond acceptors (Lipinski definition) is 4. The molecule has 0 bridgehead atoms. The Labute approximate surface area is 187 Å². The molecule has 6 nitrogen and oxygen atoms in total. The number of halogens is 3. The second kappa shape index (κ2) is 7.96. The van der Waals surface area contributed by atoms with Gasteiger partial charge in [0.25, 0.3) is 0 Å². The Morgan fingerprint density at radius 1 is 0.733 bits per heavy atom. The Morgan fingerprint density at radius 2 is 1.17 bits per heavy atom. The Hall–Kier alpha value is -1.94. The molecule has 1 saturated heterocycles. The molecule has 0 aromatic heterocycles. The van der Waals surface area contributed by atoms with Crippen LogP contribution in [0.5, 0.6) is 5.75 Å². The molecule has 0 aliphatic carbocycles. The molecule has 0 unspecified atom stereocenters. The maximum absolute atomic E-state index is 14.1. The van der Waals surface area contributed by atoms with Crippen LogP contribution < -0.4 is 13.4 Å². The Kier molecular flexibility index (Phi) is 5.65. The van der Waals surface area contributed by atoms with Crippen LogP contribution in [0.15, 0.2) is 72.8 Å². The Balaban J connectivity index is 1.81. The first-order chi connectivity index (χ1) is 14.3. The minimum absolute atomic E-state index is 0.221. The lowest BCUT2D eigenvalue weighted by molar-refractivity contribution is 0.112. The largest absolute Gasteiger partial charge is 0.464 e. The summed E-state index contributed by atoms with van der Waals surface area (Å²) in [6, 6.07) is 18.6. The highest BCUT2D eigenvalue weighted by Gasteiger charge is 2.67. The molecule has 30 heavy (non-hydrogen) atoms. The normalized spacial score (nSPS) is 23.0. The van der Waals surface area contributed by atoms with E-state index in [0.29, 0.717) is 33.3 Å². The molecule has 4 rings (SSSR count). The van der Waals surface area contributed by atoms with Crippen molar-refractivity contribution < 1.29 is 18.4 Å². The van der Waals surface area contributed by atoms with Gasteiger partial charge in [-0.2, -0.15) is 8.88 Å². The molecule has 0 atom stereocenters. The van der Waals surface area contributed by atoms with E-state index >= 15 is 0 Å². The lowest BCUT2D eigenvalue weighted by atomic mass is 10.2. The van der Waals surface area contributed by atoms with Crippen molar-refractivity contribution in [1.29, 1.82) is 0 Å². The van der Waals surface area contributed by atoms with Crippen LogP contribution in [0, 0.1) is 0 Å². The van der Waals surface area contributed by atoms with Gasteiger partial charge >= 0.3 is 14.5 Å². The fraction of sp³-hybridized carbons (Fsp3) is 0. The van der Waals surface area contributed by atoms with Gasteiger partial charge in [0, 0.05) is 15.6 Å². The summed E-state index contributed by atoms with van der Waals surface area (Å²) >= 11 is 18.3. The zero-order chi connectivity index (χ0) is 21.5. The number of aldehydes is 1. The number of carbonyl (C=O) groups is 1. The first-order valence-electron chi connectivity index (χ1n) is 8.53. The van der Waals surface area contributed by atoms with E-state index in [1.807, 2.05) is 0 Å². The number of anilines is 2. The predicted molar refractivity (Wildman–Crippen MR) is 121 cm³/mol. The van der Waals surface area contributed by atoms with E-state index in [4.69, 9.17) is 39.0 Å². The van der Waals surface area contributed by atoms with Crippen LogP contribution in [0.4, 0.5) is 11.4 Å². The zero-order valence-corrected chi connectivity index (χ0v) is 19.1. The molecule has 1 fully saturated rings. The first kappa shape index (κ1) is 21.3. The molecule has 3 aromatic rings. The third kappa shape index (κ3) is 3.64. The van der Waals surface area contributed by atoms with Crippen molar-refractivity contribution >= 4 is 66.6 Å². The smallest absolute Gasteiger partial charge is 0.413 e. The van der Waals surface area contributed by atoms with Gasteiger partial charge in [-0.15, -0.1) is 0 Å². The van der Waals surface area contributed by atoms with E-state index < -0.39 is 14.5 Å². The fourth-order valence-electron chi connectivity index (χ4n) is 2.96. The van der Waals surface area contributed by atoms with Crippen LogP contribution >= 0.6 is 48.9 Å². The quantitative estimate of drug-likeness (QED) is 0.264. The summed E-state index contributed by atoms with van der Waals surface area (Å²) in [5, 5.41) is 0.914. The molecule has 3 aromatic carbocycles. The third-order valence-electron chi connectivity index (χ3n) is 4.30. The number of nitrogens with zero attached hydrogens (tertiary/aromatic N) is 2. The number of carbonyl (C=O) groups excluding carboxylic acids is 1. The Bertz CT molecular complexity index is 1130. The molecular formula is C19H13Cl3N2O4P2. The maximum Gasteiger partial charge on any atom is 0.464 e. The molecule has 0 radical (unpaired) electrons. The molecule has 0 amide bonds. The summed E-state index contributed by atoms with van der Waals surface area (Å²) in [6.07, 6.45) is 0.683. The maximum atomic E-state index is 14.1. The van der Waals surface area contributed by atoms with Crippen molar-refractivity contribution in [3.8, 4) is 5.75 Å². The summed E-state index contributed by atoms with van der Waals surface area (Å²) in [4.78, 5) is 10.9. The summed E-state index contributed by atoms with van der Waals surface area (Å²) in [7, 11) is -3.96. The van der Waals surface area contributed by atoms with Crippen LogP contribution in [0.3, 0.4) is 0 Å². The van der Waals surface area contributed by atoms with E-state index in [2.05, 4.69) is 0 Å². The average Bonchev–Trinajstić information content (AvgIpc) is 2.71. The molecule has 0 N–H and O–H groups in total. The van der Waals surface area contributed by atoms with Gasteiger partial charge in [0.2, 0.25) is 0 Å². The Morgan fingerprint density at radius 3 is 1.57 bits per heavy atom. The van der Waals surface area contributed by atoms with Crippen molar-refractivity contribution in [3.05, 3.63) is 88.4 Å². The van der Waals surface area contributed by atoms with E-state index in [9.17, 15) is 13.9 Å². The lowest BCUT2D eigenvalue weighted by Crippen LogP contribution is -2.43. The summed E-state index contributed by atoms with van der Waals surface area (Å²) in [5.74, 6) is 0.221. The molecule has 11 heteroatoms. The molecule has 1 heterocycles. The van der Waals surface area contributed by atoms with Gasteiger partial charge in [0.1, 0.15) is 12.0 Å². The van der Waals surface area contributed by atoms with Crippen LogP contribution in [0.1, 0.15) is 10.4 Å². The molecule has 1 aliphatic heterocycles. The fourth-order valence-corrected chi connectivity index (χ4v) is 10.7. The third-order valence-corrected chi connectivity index (χ3v) is 12.4. The summed E-state index contributed by atoms with van der Waals surface area (Å²) in [5.41, 5.74) is 1.09. The molecule has 0 saturated carbocycles. The van der Waals surface area contributed by atoms with Crippen LogP contribution in [0.25, 0.3) is 0 Å². The van der Waals surface area contributed by atoms with Gasteiger partial charge in [-0.25, -0.2) is 4.57 Å². The molecule has 1 aliphatic rings. The molecule has 0 spiro atoms. The monoisotopic (exact) mass is 500 g/mol. The average molecular weight is 502 g/mol. The highest BCUT2D eigenvalue weighted by Crippen LogP contribution is 2.89. The highest BCUT2D eigenvalue weighted by molar-refractivity contribution is 8.11. The van der Waals surface area contributed by atoms with E-state index in [1.54, 1.807) is 48.5 Å². The van der Waals surface area contributed by atoms with Crippen LogP contribution in [-0.2, 0) is 9.13 Å². The summed E-state index contributed by atoms with van der Waals surface area (Å²) in [6.45, 7) is -3.83. The van der Waals surface area contributed by atoms with Crippen molar-refractivity contribution in [2.24, 2.45) is 0 Å². The second-order valence-electron chi connectivity index (χ2n) is 6.27. The van der Waals surface area contributed by atoms with Crippen molar-refractivity contribution in [2.75, 3.05) is 8.88 Å². The van der Waals surface area contributed by atoms with Crippen molar-refractivity contribution in [2.45, 2.75) is 0 Å². The van der Waals surface area contributed by atoms with Gasteiger partial charge in [-0.05, 0) is 84.0 Å². The van der Waals surface area contributed by atoms with Gasteiger partial charge in [-0.1, -0.05) is 23.2 Å². The van der Waals surface area contributed by atoms with E-state index in [-0.39, 0.29) is 5.75 Å². The SMILES string of the molecule is O=Cc1ccc(OP2(=O)N(c3ccc(Cl)cc3)P(=O)(Cl)N2c2ccc(Cl)cc2)cc1. The van der Waals surface area contributed by atoms with E-state index in [1.165, 1.54) is 24.3 Å². The highest BCUT2D eigenvalue weighted by atomic mass is 35.7. The van der Waals surface area contributed by atoms with Crippen LogP contribution in [0.2, 0.25) is 10.0 Å². The van der Waals surface area contributed by atoms with Gasteiger partial charge < -0.3 is 4.52 Å². The van der Waals surface area contributed by atoms with Gasteiger partial charge in [0.05, 0.1) is 11.4 Å². The number of benzene rings is 3. The van der Waals surface area contributed by atoms with Crippen molar-refractivity contribution in [3.63, 3.8) is 0 Å². The number of rotatable bonds is 5.